The van der Waals surface area contributed by atoms with E-state index in [4.69, 9.17) is 0 Å². The van der Waals surface area contributed by atoms with Gasteiger partial charge in [0, 0.05) is 15.4 Å². The normalized spacial score (nSPS) is 12.0. The summed E-state index contributed by atoms with van der Waals surface area (Å²) in [5, 5.41) is 0.677. The van der Waals surface area contributed by atoms with Gasteiger partial charge in [0.25, 0.3) is 0 Å². The van der Waals surface area contributed by atoms with Crippen LogP contribution in [0.2, 0.25) is 0 Å². The van der Waals surface area contributed by atoms with Gasteiger partial charge in [0.15, 0.2) is 21.5 Å². The zero-order valence-electron chi connectivity index (χ0n) is 11.1. The highest BCUT2D eigenvalue weighted by Gasteiger charge is 2.13. The summed E-state index contributed by atoms with van der Waals surface area (Å²) in [7, 11) is -3.74. The zero-order chi connectivity index (χ0) is 16.3. The summed E-state index contributed by atoms with van der Waals surface area (Å²) in [6.45, 7) is 0. The van der Waals surface area contributed by atoms with Crippen LogP contribution in [0.15, 0.2) is 46.3 Å². The highest BCUT2D eigenvalue weighted by molar-refractivity contribution is 9.10. The van der Waals surface area contributed by atoms with Gasteiger partial charge >= 0.3 is 0 Å². The van der Waals surface area contributed by atoms with E-state index in [2.05, 4.69) is 15.9 Å². The van der Waals surface area contributed by atoms with Crippen LogP contribution in [0.5, 0.6) is 0 Å². The van der Waals surface area contributed by atoms with E-state index in [0.717, 1.165) is 16.6 Å². The third-order valence-electron chi connectivity index (χ3n) is 2.80. The summed E-state index contributed by atoms with van der Waals surface area (Å²) >= 11 is 3.23. The van der Waals surface area contributed by atoms with Gasteiger partial charge in [-0.05, 0) is 35.9 Å². The minimum absolute atomic E-state index is 0.324. The lowest BCUT2D eigenvalue weighted by Gasteiger charge is -2.02. The molecule has 0 N–H and O–H groups in total. The predicted molar refractivity (Wildman–Crippen MR) is 82.1 cm³/mol. The minimum Gasteiger partial charge on any atom is -0.224 e. The van der Waals surface area contributed by atoms with Crippen molar-refractivity contribution >= 4 is 31.8 Å². The molecule has 2 aromatic rings. The minimum atomic E-state index is -3.74. The van der Waals surface area contributed by atoms with Crippen molar-refractivity contribution in [3.05, 3.63) is 74.9 Å². The Hall–Kier alpha value is -1.60. The van der Waals surface area contributed by atoms with Crippen molar-refractivity contribution in [1.29, 1.82) is 0 Å². The molecule has 0 heterocycles. The Kier molecular flexibility index (Phi) is 5.08. The Labute approximate surface area is 134 Å². The lowest BCUT2D eigenvalue weighted by molar-refractivity contribution is 0.492. The molecule has 2 aromatic carbocycles. The second kappa shape index (κ2) is 6.66. The molecule has 0 aliphatic heterocycles. The molecule has 2 nitrogen and oxygen atoms in total. The molecule has 22 heavy (non-hydrogen) atoms. The molecule has 2 rings (SSSR count). The van der Waals surface area contributed by atoms with Crippen LogP contribution < -0.4 is 0 Å². The Morgan fingerprint density at radius 3 is 2.18 bits per heavy atom. The smallest absolute Gasteiger partial charge is 0.175 e. The Morgan fingerprint density at radius 1 is 0.955 bits per heavy atom. The van der Waals surface area contributed by atoms with Gasteiger partial charge in [-0.1, -0.05) is 28.1 Å². The standard InChI is InChI=1S/C15H10BrF3O2S/c16-11-3-1-10(2-4-11)9-22(20,21)8-7-12-13(17)5-6-14(18)15(12)19/h1-8H,9H2/b8-7+. The lowest BCUT2D eigenvalue weighted by atomic mass is 10.2. The van der Waals surface area contributed by atoms with Gasteiger partial charge in [-0.2, -0.15) is 0 Å². The van der Waals surface area contributed by atoms with Crippen LogP contribution in [0.3, 0.4) is 0 Å². The summed E-state index contributed by atoms with van der Waals surface area (Å²) in [5.41, 5.74) is -0.201. The van der Waals surface area contributed by atoms with E-state index in [9.17, 15) is 21.6 Å². The van der Waals surface area contributed by atoms with Crippen LogP contribution in [0.4, 0.5) is 13.2 Å². The first-order chi connectivity index (χ1) is 10.3. The fourth-order valence-corrected chi connectivity index (χ4v) is 3.09. The molecule has 116 valence electrons. The average molecular weight is 391 g/mol. The van der Waals surface area contributed by atoms with E-state index in [0.29, 0.717) is 17.0 Å². The van der Waals surface area contributed by atoms with Gasteiger partial charge in [0.1, 0.15) is 5.82 Å². The van der Waals surface area contributed by atoms with Gasteiger partial charge in [0.05, 0.1) is 5.75 Å². The molecule has 0 radical (unpaired) electrons. The van der Waals surface area contributed by atoms with Gasteiger partial charge in [-0.3, -0.25) is 0 Å². The molecule has 0 atom stereocenters. The quantitative estimate of drug-likeness (QED) is 0.722. The van der Waals surface area contributed by atoms with Crippen molar-refractivity contribution in [3.63, 3.8) is 0 Å². The predicted octanol–water partition coefficient (Wildman–Crippen LogP) is 4.45. The monoisotopic (exact) mass is 390 g/mol. The fraction of sp³-hybridized carbons (Fsp3) is 0.0667. The molecular weight excluding hydrogens is 381 g/mol. The Bertz CT molecular complexity index is 815. The summed E-state index contributed by atoms with van der Waals surface area (Å²) in [5.74, 6) is -4.02. The highest BCUT2D eigenvalue weighted by atomic mass is 79.9. The van der Waals surface area contributed by atoms with Gasteiger partial charge in [-0.15, -0.1) is 0 Å². The molecule has 0 saturated heterocycles. The Balaban J connectivity index is 2.25. The molecule has 0 amide bonds. The molecule has 0 saturated carbocycles. The number of hydrogen-bond donors (Lipinski definition) is 0. The maximum atomic E-state index is 13.4. The van der Waals surface area contributed by atoms with Crippen LogP contribution in [-0.4, -0.2) is 8.42 Å². The van der Waals surface area contributed by atoms with Crippen molar-refractivity contribution in [2.75, 3.05) is 0 Å². The Morgan fingerprint density at radius 2 is 1.55 bits per heavy atom. The second-order valence-corrected chi connectivity index (χ2v) is 7.30. The molecule has 7 heteroatoms. The number of hydrogen-bond acceptors (Lipinski definition) is 2. The van der Waals surface area contributed by atoms with E-state index in [-0.39, 0.29) is 5.75 Å². The first kappa shape index (κ1) is 16.8. The second-order valence-electron chi connectivity index (χ2n) is 4.49. The molecule has 0 aromatic heterocycles. The van der Waals surface area contributed by atoms with Crippen LogP contribution in [-0.2, 0) is 15.6 Å². The topological polar surface area (TPSA) is 34.1 Å². The summed E-state index contributed by atoms with van der Waals surface area (Å²) < 4.78 is 64.6. The summed E-state index contributed by atoms with van der Waals surface area (Å²) in [6, 6.07) is 7.95. The SMILES string of the molecule is O=S(=O)(/C=C/c1c(F)ccc(F)c1F)Cc1ccc(Br)cc1. The first-order valence-corrected chi connectivity index (χ1v) is 8.58. The highest BCUT2D eigenvalue weighted by Crippen LogP contribution is 2.19. The van der Waals surface area contributed by atoms with Crippen LogP contribution in [0.1, 0.15) is 11.1 Å². The maximum absolute atomic E-state index is 13.4. The molecule has 0 aliphatic carbocycles. The van der Waals surface area contributed by atoms with E-state index in [1.54, 1.807) is 24.3 Å². The van der Waals surface area contributed by atoms with Crippen molar-refractivity contribution in [2.24, 2.45) is 0 Å². The molecule has 0 unspecified atom stereocenters. The van der Waals surface area contributed by atoms with Crippen LogP contribution in [0.25, 0.3) is 6.08 Å². The van der Waals surface area contributed by atoms with Crippen molar-refractivity contribution in [1.82, 2.24) is 0 Å². The van der Waals surface area contributed by atoms with Crippen LogP contribution >= 0.6 is 15.9 Å². The molecule has 0 spiro atoms. The molecular formula is C15H10BrF3O2S. The van der Waals surface area contributed by atoms with E-state index >= 15 is 0 Å². The number of halogens is 4. The van der Waals surface area contributed by atoms with E-state index < -0.39 is 32.9 Å². The number of sulfone groups is 1. The summed E-state index contributed by atoms with van der Waals surface area (Å²) in [6.07, 6.45) is 0.724. The largest absolute Gasteiger partial charge is 0.224 e. The van der Waals surface area contributed by atoms with E-state index in [1.165, 1.54) is 0 Å². The van der Waals surface area contributed by atoms with Gasteiger partial charge in [-0.25, -0.2) is 21.6 Å². The maximum Gasteiger partial charge on any atom is 0.175 e. The van der Waals surface area contributed by atoms with Crippen LogP contribution in [0, 0.1) is 17.5 Å². The van der Waals surface area contributed by atoms with Crippen molar-refractivity contribution < 1.29 is 21.6 Å². The third kappa shape index (κ3) is 4.20. The third-order valence-corrected chi connectivity index (χ3v) is 4.62. The van der Waals surface area contributed by atoms with Gasteiger partial charge < -0.3 is 0 Å². The number of benzene rings is 2. The van der Waals surface area contributed by atoms with E-state index in [1.807, 2.05) is 0 Å². The van der Waals surface area contributed by atoms with Gasteiger partial charge in [0.2, 0.25) is 0 Å². The zero-order valence-corrected chi connectivity index (χ0v) is 13.5. The first-order valence-electron chi connectivity index (χ1n) is 6.07. The van der Waals surface area contributed by atoms with Crippen molar-refractivity contribution in [2.45, 2.75) is 5.75 Å². The molecule has 0 fully saturated rings. The molecule has 0 aliphatic rings. The molecule has 0 bridgehead atoms. The summed E-state index contributed by atoms with van der Waals surface area (Å²) in [4.78, 5) is 0. The average Bonchev–Trinajstić information content (AvgIpc) is 2.45. The fourth-order valence-electron chi connectivity index (χ4n) is 1.73. The lowest BCUT2D eigenvalue weighted by Crippen LogP contribution is -2.00. The number of rotatable bonds is 4. The van der Waals surface area contributed by atoms with Crippen molar-refractivity contribution in [3.8, 4) is 0 Å².